The highest BCUT2D eigenvalue weighted by Crippen LogP contribution is 2.58. The fraction of sp³-hybridized carbons (Fsp3) is 0.650. The predicted octanol–water partition coefficient (Wildman–Crippen LogP) is 6.19. The Balaban J connectivity index is 3.43. The van der Waals surface area contributed by atoms with Crippen LogP contribution in [0.5, 0.6) is 0 Å². The van der Waals surface area contributed by atoms with Gasteiger partial charge < -0.3 is 9.84 Å². The minimum atomic E-state index is -7.64. The van der Waals surface area contributed by atoms with Gasteiger partial charge in [-0.05, 0) is 39.2 Å². The first-order valence-electron chi connectivity index (χ1n) is 9.49. The van der Waals surface area contributed by atoms with E-state index in [2.05, 4.69) is 4.74 Å². The van der Waals surface area contributed by atoms with Gasteiger partial charge in [0.05, 0.1) is 6.42 Å². The molecule has 0 heterocycles. The van der Waals surface area contributed by atoms with Crippen LogP contribution in [0, 0.1) is 0 Å². The number of benzene rings is 1. The zero-order chi connectivity index (χ0) is 27.0. The lowest BCUT2D eigenvalue weighted by Crippen LogP contribution is -2.67. The highest BCUT2D eigenvalue weighted by atomic mass is 19.4. The first-order valence-corrected chi connectivity index (χ1v) is 9.49. The molecule has 1 N–H and O–H groups in total. The van der Waals surface area contributed by atoms with Crippen molar-refractivity contribution in [1.29, 1.82) is 0 Å². The van der Waals surface area contributed by atoms with Gasteiger partial charge in [-0.15, -0.1) is 0 Å². The molecular formula is C20H21F11O3. The number of aryl methyl sites for hydroxylation is 1. The summed E-state index contributed by atoms with van der Waals surface area (Å²) in [4.78, 5) is 12.3. The van der Waals surface area contributed by atoms with Crippen molar-refractivity contribution in [2.24, 2.45) is 0 Å². The largest absolute Gasteiger partial charge is 0.460 e. The molecule has 0 spiro atoms. The SMILES string of the molecule is CC(C)(C)OC(=O)C(O)(CCc1ccccc1)CC(F)(F)C(F)(F)C(F)(F)C(F)(F)C(F)(F)F. The first-order chi connectivity index (χ1) is 14.9. The van der Waals surface area contributed by atoms with E-state index < -0.39 is 66.3 Å². The third-order valence-corrected chi connectivity index (χ3v) is 4.57. The highest BCUT2D eigenvalue weighted by Gasteiger charge is 2.87. The Bertz CT molecular complexity index is 846. The van der Waals surface area contributed by atoms with Crippen molar-refractivity contribution in [1.82, 2.24) is 0 Å². The maximum atomic E-state index is 14.3. The zero-order valence-electron chi connectivity index (χ0n) is 17.9. The van der Waals surface area contributed by atoms with Gasteiger partial charge in [0.2, 0.25) is 0 Å². The summed E-state index contributed by atoms with van der Waals surface area (Å²) in [5, 5.41) is 10.5. The number of carbonyl (C=O) groups excluding carboxylic acids is 1. The molecule has 1 rings (SSSR count). The minimum absolute atomic E-state index is 0.258. The molecule has 0 fully saturated rings. The van der Waals surface area contributed by atoms with E-state index in [1.165, 1.54) is 51.1 Å². The lowest BCUT2D eigenvalue weighted by atomic mass is 9.84. The number of carbonyl (C=O) groups is 1. The monoisotopic (exact) mass is 518 g/mol. The van der Waals surface area contributed by atoms with Crippen LogP contribution >= 0.6 is 0 Å². The molecule has 0 saturated heterocycles. The van der Waals surface area contributed by atoms with E-state index in [1.807, 2.05) is 0 Å². The summed E-state index contributed by atoms with van der Waals surface area (Å²) in [6, 6.07) is 7.11. The van der Waals surface area contributed by atoms with Crippen LogP contribution in [0.1, 0.15) is 39.2 Å². The summed E-state index contributed by atoms with van der Waals surface area (Å²) in [6.45, 7) is 3.52. The van der Waals surface area contributed by atoms with Gasteiger partial charge in [0.15, 0.2) is 5.60 Å². The fourth-order valence-corrected chi connectivity index (χ4v) is 2.71. The topological polar surface area (TPSA) is 46.5 Å². The summed E-state index contributed by atoms with van der Waals surface area (Å²) in [7, 11) is 0. The quantitative estimate of drug-likeness (QED) is 0.314. The third kappa shape index (κ3) is 5.92. The standard InChI is InChI=1S/C20H21F11O3/c1-14(2,3)34-13(32)15(33,10-9-12-7-5-4-6-8-12)11-16(21,22)17(23,24)18(25,26)19(27,28)20(29,30)31/h4-8,33H,9-11H2,1-3H3. The van der Waals surface area contributed by atoms with Crippen molar-refractivity contribution >= 4 is 5.97 Å². The molecule has 0 radical (unpaired) electrons. The molecule has 0 aromatic heterocycles. The second-order valence-corrected chi connectivity index (χ2v) is 8.62. The van der Waals surface area contributed by atoms with Crippen LogP contribution in [-0.2, 0) is 16.0 Å². The van der Waals surface area contributed by atoms with Crippen LogP contribution in [0.4, 0.5) is 48.3 Å². The molecule has 3 nitrogen and oxygen atoms in total. The second kappa shape index (κ2) is 9.15. The summed E-state index contributed by atoms with van der Waals surface area (Å²) < 4.78 is 151. The van der Waals surface area contributed by atoms with Crippen LogP contribution in [0.15, 0.2) is 30.3 Å². The van der Waals surface area contributed by atoms with Crippen LogP contribution in [0.3, 0.4) is 0 Å². The molecule has 1 unspecified atom stereocenters. The molecule has 1 aromatic carbocycles. The van der Waals surface area contributed by atoms with Crippen molar-refractivity contribution in [3.05, 3.63) is 35.9 Å². The van der Waals surface area contributed by atoms with Gasteiger partial charge in [-0.3, -0.25) is 0 Å². The van der Waals surface area contributed by atoms with E-state index in [0.717, 1.165) is 0 Å². The molecule has 0 aliphatic carbocycles. The molecule has 0 amide bonds. The smallest absolute Gasteiger partial charge is 0.458 e. The summed E-state index contributed by atoms with van der Waals surface area (Å²) in [6.07, 6.45) is -11.9. The van der Waals surface area contributed by atoms with Crippen LogP contribution in [0.2, 0.25) is 0 Å². The summed E-state index contributed by atoms with van der Waals surface area (Å²) in [5.41, 5.74) is -4.92. The Kier molecular flexibility index (Phi) is 8.05. The minimum Gasteiger partial charge on any atom is -0.458 e. The van der Waals surface area contributed by atoms with Crippen molar-refractivity contribution in [3.63, 3.8) is 0 Å². The van der Waals surface area contributed by atoms with Gasteiger partial charge in [-0.25, -0.2) is 4.79 Å². The Hall–Kier alpha value is -2.12. The summed E-state index contributed by atoms with van der Waals surface area (Å²) >= 11 is 0. The van der Waals surface area contributed by atoms with Gasteiger partial charge in [0.25, 0.3) is 0 Å². The van der Waals surface area contributed by atoms with E-state index >= 15 is 0 Å². The first kappa shape index (κ1) is 29.9. The van der Waals surface area contributed by atoms with Crippen LogP contribution < -0.4 is 0 Å². The number of halogens is 11. The van der Waals surface area contributed by atoms with Gasteiger partial charge in [0.1, 0.15) is 5.60 Å². The van der Waals surface area contributed by atoms with Gasteiger partial charge in [-0.1, -0.05) is 30.3 Å². The van der Waals surface area contributed by atoms with E-state index in [1.54, 1.807) is 0 Å². The van der Waals surface area contributed by atoms with Crippen LogP contribution in [0.25, 0.3) is 0 Å². The zero-order valence-corrected chi connectivity index (χ0v) is 17.9. The molecule has 1 aromatic rings. The molecule has 196 valence electrons. The molecule has 0 aliphatic rings. The third-order valence-electron chi connectivity index (χ3n) is 4.57. The molecule has 0 aliphatic heterocycles. The maximum absolute atomic E-state index is 14.3. The molecule has 1 atom stereocenters. The normalized spacial score (nSPS) is 16.2. The predicted molar refractivity (Wildman–Crippen MR) is 96.0 cm³/mol. The number of aliphatic hydroxyl groups is 1. The van der Waals surface area contributed by atoms with Gasteiger partial charge in [0, 0.05) is 0 Å². The average molecular weight is 518 g/mol. The van der Waals surface area contributed by atoms with E-state index in [0.29, 0.717) is 0 Å². The maximum Gasteiger partial charge on any atom is 0.460 e. The molecular weight excluding hydrogens is 497 g/mol. The number of esters is 1. The number of rotatable bonds is 9. The van der Waals surface area contributed by atoms with E-state index in [9.17, 15) is 58.2 Å². The fourth-order valence-electron chi connectivity index (χ4n) is 2.71. The lowest BCUT2D eigenvalue weighted by molar-refractivity contribution is -0.424. The second-order valence-electron chi connectivity index (χ2n) is 8.62. The highest BCUT2D eigenvalue weighted by molar-refractivity contribution is 5.79. The molecule has 14 heteroatoms. The average Bonchev–Trinajstić information content (AvgIpc) is 2.64. The Morgan fingerprint density at radius 2 is 1.26 bits per heavy atom. The van der Waals surface area contributed by atoms with Crippen molar-refractivity contribution in [3.8, 4) is 0 Å². The molecule has 0 bridgehead atoms. The number of hydrogen-bond acceptors (Lipinski definition) is 3. The van der Waals surface area contributed by atoms with Gasteiger partial charge >= 0.3 is 35.8 Å². The summed E-state index contributed by atoms with van der Waals surface area (Å²) in [5.74, 6) is -31.0. The van der Waals surface area contributed by atoms with Crippen molar-refractivity contribution in [2.45, 2.75) is 81.1 Å². The van der Waals surface area contributed by atoms with E-state index in [-0.39, 0.29) is 5.56 Å². The Morgan fingerprint density at radius 1 is 0.794 bits per heavy atom. The van der Waals surface area contributed by atoms with Crippen LogP contribution in [-0.4, -0.2) is 52.1 Å². The van der Waals surface area contributed by atoms with Crippen molar-refractivity contribution in [2.75, 3.05) is 0 Å². The lowest BCUT2D eigenvalue weighted by Gasteiger charge is -2.40. The number of ether oxygens (including phenoxy) is 1. The Morgan fingerprint density at radius 3 is 1.68 bits per heavy atom. The van der Waals surface area contributed by atoms with E-state index in [4.69, 9.17) is 0 Å². The Labute approximate surface area is 186 Å². The van der Waals surface area contributed by atoms with Gasteiger partial charge in [-0.2, -0.15) is 48.3 Å². The number of alkyl halides is 11. The number of hydrogen-bond donors (Lipinski definition) is 1. The molecule has 0 saturated carbocycles. The van der Waals surface area contributed by atoms with Crippen molar-refractivity contribution < 1.29 is 62.9 Å². The molecule has 34 heavy (non-hydrogen) atoms.